The fourth-order valence-electron chi connectivity index (χ4n) is 3.78. The first-order chi connectivity index (χ1) is 15.0. The maximum Gasteiger partial charge on any atom is 0.416 e. The highest BCUT2D eigenvalue weighted by Crippen LogP contribution is 2.33. The zero-order valence-electron chi connectivity index (χ0n) is 17.9. The van der Waals surface area contributed by atoms with E-state index in [1.54, 1.807) is 12.1 Å². The van der Waals surface area contributed by atoms with Gasteiger partial charge in [-0.3, -0.25) is 9.10 Å². The number of carbonyl (C=O) groups is 1. The number of piperidine rings is 1. The summed E-state index contributed by atoms with van der Waals surface area (Å²) >= 11 is 0. The number of nitrogens with zero attached hydrogens (tertiary/aromatic N) is 2. The first-order valence-corrected chi connectivity index (χ1v) is 12.1. The summed E-state index contributed by atoms with van der Waals surface area (Å²) in [6, 6.07) is 9.85. The van der Waals surface area contributed by atoms with Crippen molar-refractivity contribution in [1.29, 1.82) is 0 Å². The number of anilines is 3. The molecule has 2 aromatic rings. The third kappa shape index (κ3) is 5.73. The lowest BCUT2D eigenvalue weighted by Crippen LogP contribution is -2.45. The van der Waals surface area contributed by atoms with E-state index in [1.165, 1.54) is 19.4 Å². The lowest BCUT2D eigenvalue weighted by molar-refractivity contribution is -0.137. The number of rotatable bonds is 6. The second kappa shape index (κ2) is 9.40. The van der Waals surface area contributed by atoms with Crippen molar-refractivity contribution in [2.45, 2.75) is 38.4 Å². The number of hydrogen-bond acceptors (Lipinski definition) is 4. The van der Waals surface area contributed by atoms with Gasteiger partial charge in [0.15, 0.2) is 0 Å². The highest BCUT2D eigenvalue weighted by molar-refractivity contribution is 7.92. The molecular formula is C22H26F3N3O3S. The van der Waals surface area contributed by atoms with Crippen molar-refractivity contribution in [3.8, 4) is 0 Å². The van der Waals surface area contributed by atoms with Gasteiger partial charge in [0, 0.05) is 24.5 Å². The normalized spacial score (nSPS) is 15.8. The zero-order valence-corrected chi connectivity index (χ0v) is 18.7. The summed E-state index contributed by atoms with van der Waals surface area (Å²) in [5.74, 6) is -0.654. The van der Waals surface area contributed by atoms with Gasteiger partial charge in [-0.15, -0.1) is 0 Å². The van der Waals surface area contributed by atoms with Crippen LogP contribution in [0.15, 0.2) is 48.5 Å². The number of carbonyl (C=O) groups excluding carboxylic acids is 1. The Kier molecular flexibility index (Phi) is 7.02. The van der Waals surface area contributed by atoms with Crippen molar-refractivity contribution in [2.75, 3.05) is 33.9 Å². The molecule has 1 heterocycles. The Morgan fingerprint density at radius 2 is 1.69 bits per heavy atom. The quantitative estimate of drug-likeness (QED) is 0.677. The van der Waals surface area contributed by atoms with E-state index in [4.69, 9.17) is 0 Å². The fourth-order valence-corrected chi connectivity index (χ4v) is 4.95. The maximum absolute atomic E-state index is 13.1. The molecule has 6 nitrogen and oxygen atoms in total. The van der Waals surface area contributed by atoms with E-state index in [2.05, 4.69) is 10.2 Å². The Labute approximate surface area is 186 Å². The number of amides is 1. The van der Waals surface area contributed by atoms with Crippen molar-refractivity contribution in [3.63, 3.8) is 0 Å². The van der Waals surface area contributed by atoms with Crippen LogP contribution in [-0.2, 0) is 21.0 Å². The number of benzene rings is 2. The molecule has 32 heavy (non-hydrogen) atoms. The summed E-state index contributed by atoms with van der Waals surface area (Å²) in [6.45, 7) is 3.28. The molecule has 2 aromatic carbocycles. The lowest BCUT2D eigenvalue weighted by Gasteiger charge is -2.29. The second-order valence-electron chi connectivity index (χ2n) is 7.87. The Bertz CT molecular complexity index is 1050. The van der Waals surface area contributed by atoms with Gasteiger partial charge in [-0.25, -0.2) is 8.42 Å². The van der Waals surface area contributed by atoms with E-state index in [0.29, 0.717) is 9.99 Å². The van der Waals surface area contributed by atoms with Crippen LogP contribution in [0.25, 0.3) is 0 Å². The standard InChI is InChI=1S/C22H26F3N3O3S/c1-16(28(32(2,30)31)20-8-6-7-17(15-20)22(23,24)25)21(29)26-18-9-11-19(12-10-18)27-13-4-3-5-14-27/h6-12,15-16H,3-5,13-14H2,1-2H3,(H,26,29)/t16-/m0/s1. The van der Waals surface area contributed by atoms with Crippen molar-refractivity contribution in [1.82, 2.24) is 0 Å². The van der Waals surface area contributed by atoms with Gasteiger partial charge in [-0.05, 0) is 68.7 Å². The maximum atomic E-state index is 13.1. The zero-order chi connectivity index (χ0) is 23.5. The minimum atomic E-state index is -4.64. The van der Waals surface area contributed by atoms with Crippen molar-refractivity contribution in [2.24, 2.45) is 0 Å². The van der Waals surface area contributed by atoms with Crippen molar-refractivity contribution < 1.29 is 26.4 Å². The molecule has 0 unspecified atom stereocenters. The molecule has 0 aliphatic carbocycles. The van der Waals surface area contributed by atoms with Gasteiger partial charge >= 0.3 is 6.18 Å². The Balaban J connectivity index is 1.78. The van der Waals surface area contributed by atoms with E-state index in [-0.39, 0.29) is 5.69 Å². The summed E-state index contributed by atoms with van der Waals surface area (Å²) in [5.41, 5.74) is 0.285. The van der Waals surface area contributed by atoms with Crippen LogP contribution >= 0.6 is 0 Å². The predicted molar refractivity (Wildman–Crippen MR) is 119 cm³/mol. The Morgan fingerprint density at radius 1 is 1.06 bits per heavy atom. The summed E-state index contributed by atoms with van der Waals surface area (Å²) in [6.07, 6.45) is -0.309. The summed E-state index contributed by atoms with van der Waals surface area (Å²) in [4.78, 5) is 15.1. The van der Waals surface area contributed by atoms with Crippen LogP contribution in [-0.4, -0.2) is 39.7 Å². The van der Waals surface area contributed by atoms with Crippen LogP contribution in [0, 0.1) is 0 Å². The number of halogens is 3. The third-order valence-electron chi connectivity index (χ3n) is 5.37. The van der Waals surface area contributed by atoms with Crippen molar-refractivity contribution >= 4 is 33.0 Å². The van der Waals surface area contributed by atoms with Crippen LogP contribution in [0.1, 0.15) is 31.7 Å². The Hall–Kier alpha value is -2.75. The molecule has 1 amide bonds. The molecule has 1 atom stereocenters. The molecule has 0 aromatic heterocycles. The van der Waals surface area contributed by atoms with E-state index in [9.17, 15) is 26.4 Å². The number of alkyl halides is 3. The van der Waals surface area contributed by atoms with Crippen molar-refractivity contribution in [3.05, 3.63) is 54.1 Å². The SMILES string of the molecule is C[C@@H](C(=O)Nc1ccc(N2CCCCC2)cc1)N(c1cccc(C(F)(F)F)c1)S(C)(=O)=O. The van der Waals surface area contributed by atoms with Gasteiger partial charge < -0.3 is 10.2 Å². The van der Waals surface area contributed by atoms with Crippen LogP contribution in [0.3, 0.4) is 0 Å². The van der Waals surface area contributed by atoms with Gasteiger partial charge in [0.05, 0.1) is 17.5 Å². The van der Waals surface area contributed by atoms with Crippen LogP contribution in [0.4, 0.5) is 30.2 Å². The van der Waals surface area contributed by atoms with Crippen LogP contribution in [0.5, 0.6) is 0 Å². The monoisotopic (exact) mass is 469 g/mol. The minimum Gasteiger partial charge on any atom is -0.372 e. The lowest BCUT2D eigenvalue weighted by atomic mass is 10.1. The van der Waals surface area contributed by atoms with Crippen LogP contribution in [0.2, 0.25) is 0 Å². The summed E-state index contributed by atoms with van der Waals surface area (Å²) in [7, 11) is -4.04. The van der Waals surface area contributed by atoms with Gasteiger partial charge in [0.1, 0.15) is 6.04 Å². The predicted octanol–water partition coefficient (Wildman–Crippen LogP) is 4.49. The molecule has 174 valence electrons. The van der Waals surface area contributed by atoms with Crippen LogP contribution < -0.4 is 14.5 Å². The van der Waals surface area contributed by atoms with Gasteiger partial charge in [0.2, 0.25) is 15.9 Å². The first-order valence-electron chi connectivity index (χ1n) is 10.3. The van der Waals surface area contributed by atoms with E-state index >= 15 is 0 Å². The van der Waals surface area contributed by atoms with E-state index < -0.39 is 33.7 Å². The molecule has 1 aliphatic rings. The Morgan fingerprint density at radius 3 is 2.25 bits per heavy atom. The third-order valence-corrected chi connectivity index (χ3v) is 6.61. The molecule has 3 rings (SSSR count). The first kappa shape index (κ1) is 23.9. The molecule has 1 N–H and O–H groups in total. The van der Waals surface area contributed by atoms with E-state index in [0.717, 1.165) is 56.1 Å². The molecule has 0 saturated carbocycles. The number of hydrogen-bond donors (Lipinski definition) is 1. The average molecular weight is 470 g/mol. The number of nitrogens with one attached hydrogen (secondary N) is 1. The van der Waals surface area contributed by atoms with Gasteiger partial charge in [-0.2, -0.15) is 13.2 Å². The molecule has 1 saturated heterocycles. The summed E-state index contributed by atoms with van der Waals surface area (Å²) < 4.78 is 64.7. The largest absolute Gasteiger partial charge is 0.416 e. The summed E-state index contributed by atoms with van der Waals surface area (Å²) in [5, 5.41) is 2.65. The second-order valence-corrected chi connectivity index (χ2v) is 9.73. The minimum absolute atomic E-state index is 0.231. The highest BCUT2D eigenvalue weighted by Gasteiger charge is 2.34. The molecule has 0 bridgehead atoms. The topological polar surface area (TPSA) is 69.7 Å². The molecular weight excluding hydrogens is 443 g/mol. The smallest absolute Gasteiger partial charge is 0.372 e. The highest BCUT2D eigenvalue weighted by atomic mass is 32.2. The number of sulfonamides is 1. The molecule has 1 aliphatic heterocycles. The molecule has 10 heteroatoms. The van der Waals surface area contributed by atoms with Gasteiger partial charge in [-0.1, -0.05) is 6.07 Å². The van der Waals surface area contributed by atoms with Gasteiger partial charge in [0.25, 0.3) is 0 Å². The molecule has 0 spiro atoms. The fraction of sp³-hybridized carbons (Fsp3) is 0.409. The molecule has 0 radical (unpaired) electrons. The van der Waals surface area contributed by atoms with E-state index in [1.807, 2.05) is 12.1 Å². The molecule has 1 fully saturated rings. The average Bonchev–Trinajstić information content (AvgIpc) is 2.73.